The molecule has 2 fully saturated rings. The SMILES string of the molecule is CN(C)S(=O)(=O)N1CC[C@@]2(O)CCN(c3nc4ccccc4s3)C[C@H]2C1. The minimum absolute atomic E-state index is 0.119. The lowest BCUT2D eigenvalue weighted by Gasteiger charge is -2.49. The molecule has 1 N–H and O–H groups in total. The maximum absolute atomic E-state index is 12.5. The first kappa shape index (κ1) is 18.1. The van der Waals surface area contributed by atoms with Crippen LogP contribution in [-0.4, -0.2) is 73.0 Å². The van der Waals surface area contributed by atoms with Gasteiger partial charge in [0.1, 0.15) is 0 Å². The molecule has 0 saturated carbocycles. The van der Waals surface area contributed by atoms with Crippen LogP contribution in [0.15, 0.2) is 24.3 Å². The molecule has 0 amide bonds. The second-order valence-corrected chi connectivity index (χ2v) is 10.5. The van der Waals surface area contributed by atoms with Crippen molar-refractivity contribution in [1.82, 2.24) is 13.6 Å². The fourth-order valence-electron chi connectivity index (χ4n) is 3.88. The molecule has 2 saturated heterocycles. The number of benzene rings is 1. The molecule has 142 valence electrons. The van der Waals surface area contributed by atoms with Gasteiger partial charge in [0.05, 0.1) is 15.8 Å². The van der Waals surface area contributed by atoms with Crippen molar-refractivity contribution >= 4 is 36.9 Å². The van der Waals surface area contributed by atoms with E-state index in [-0.39, 0.29) is 5.92 Å². The average molecular weight is 397 g/mol. The van der Waals surface area contributed by atoms with E-state index in [0.717, 1.165) is 21.9 Å². The predicted molar refractivity (Wildman–Crippen MR) is 104 cm³/mol. The molecule has 0 radical (unpaired) electrons. The zero-order chi connectivity index (χ0) is 18.5. The highest BCUT2D eigenvalue weighted by atomic mass is 32.2. The highest BCUT2D eigenvalue weighted by Crippen LogP contribution is 2.39. The Balaban J connectivity index is 1.56. The molecule has 7 nitrogen and oxygen atoms in total. The highest BCUT2D eigenvalue weighted by molar-refractivity contribution is 7.86. The average Bonchev–Trinajstić information content (AvgIpc) is 3.04. The topological polar surface area (TPSA) is 77.0 Å². The number of fused-ring (bicyclic) bond motifs is 2. The van der Waals surface area contributed by atoms with Crippen molar-refractivity contribution in [2.24, 2.45) is 5.92 Å². The van der Waals surface area contributed by atoms with Gasteiger partial charge in [-0.2, -0.15) is 17.0 Å². The fraction of sp³-hybridized carbons (Fsp3) is 0.588. The number of para-hydroxylation sites is 1. The number of thiazole rings is 1. The van der Waals surface area contributed by atoms with Crippen molar-refractivity contribution in [1.29, 1.82) is 0 Å². The van der Waals surface area contributed by atoms with E-state index in [1.54, 1.807) is 25.4 Å². The van der Waals surface area contributed by atoms with E-state index in [0.29, 0.717) is 32.5 Å². The molecule has 26 heavy (non-hydrogen) atoms. The minimum Gasteiger partial charge on any atom is -0.389 e. The number of rotatable bonds is 3. The van der Waals surface area contributed by atoms with Crippen molar-refractivity contribution in [2.45, 2.75) is 18.4 Å². The van der Waals surface area contributed by atoms with Crippen LogP contribution < -0.4 is 4.90 Å². The number of piperidine rings is 2. The van der Waals surface area contributed by atoms with E-state index in [4.69, 9.17) is 4.98 Å². The maximum Gasteiger partial charge on any atom is 0.281 e. The summed E-state index contributed by atoms with van der Waals surface area (Å²) in [6, 6.07) is 8.04. The van der Waals surface area contributed by atoms with Gasteiger partial charge in [-0.1, -0.05) is 23.5 Å². The Hall–Kier alpha value is -1.26. The van der Waals surface area contributed by atoms with Crippen LogP contribution in [0.1, 0.15) is 12.8 Å². The first-order valence-corrected chi connectivity index (χ1v) is 11.0. The molecule has 2 aromatic rings. The summed E-state index contributed by atoms with van der Waals surface area (Å²) < 4.78 is 28.8. The molecule has 9 heteroatoms. The van der Waals surface area contributed by atoms with Gasteiger partial charge in [0.25, 0.3) is 10.2 Å². The molecule has 4 rings (SSSR count). The molecule has 0 aliphatic carbocycles. The van der Waals surface area contributed by atoms with E-state index in [9.17, 15) is 13.5 Å². The molecule has 2 aliphatic heterocycles. The lowest BCUT2D eigenvalue weighted by Crippen LogP contribution is -2.61. The van der Waals surface area contributed by atoms with Gasteiger partial charge < -0.3 is 10.0 Å². The number of hydrogen-bond donors (Lipinski definition) is 1. The standard InChI is InChI=1S/C17H24N4O3S2/c1-19(2)26(23,24)21-10-8-17(22)7-9-20(11-13(17)12-21)16-18-14-5-3-4-6-15(14)25-16/h3-6,13,22H,7-12H2,1-2H3/t13-,17-/m0/s1. The molecule has 0 unspecified atom stereocenters. The summed E-state index contributed by atoms with van der Waals surface area (Å²) in [4.78, 5) is 6.91. The molecule has 2 aliphatic rings. The Kier molecular flexibility index (Phi) is 4.47. The van der Waals surface area contributed by atoms with Crippen LogP contribution >= 0.6 is 11.3 Å². The molecular formula is C17H24N4O3S2. The van der Waals surface area contributed by atoms with Crippen LogP contribution in [0.5, 0.6) is 0 Å². The van der Waals surface area contributed by atoms with Crippen molar-refractivity contribution < 1.29 is 13.5 Å². The number of anilines is 1. The normalized spacial score (nSPS) is 27.8. The van der Waals surface area contributed by atoms with Crippen LogP contribution in [-0.2, 0) is 10.2 Å². The molecule has 0 bridgehead atoms. The Labute approximate surface area is 158 Å². The third kappa shape index (κ3) is 3.01. The van der Waals surface area contributed by atoms with Crippen LogP contribution in [0.3, 0.4) is 0 Å². The second kappa shape index (κ2) is 6.42. The first-order valence-electron chi connectivity index (χ1n) is 8.80. The second-order valence-electron chi connectivity index (χ2n) is 7.36. The van der Waals surface area contributed by atoms with Gasteiger partial charge in [-0.15, -0.1) is 0 Å². The Morgan fingerprint density at radius 1 is 1.23 bits per heavy atom. The van der Waals surface area contributed by atoms with E-state index in [2.05, 4.69) is 11.0 Å². The Morgan fingerprint density at radius 2 is 1.96 bits per heavy atom. The van der Waals surface area contributed by atoms with Gasteiger partial charge in [-0.25, -0.2) is 4.98 Å². The zero-order valence-electron chi connectivity index (χ0n) is 15.0. The third-order valence-corrected chi connectivity index (χ3v) is 8.58. The van der Waals surface area contributed by atoms with Gasteiger partial charge in [-0.3, -0.25) is 0 Å². The summed E-state index contributed by atoms with van der Waals surface area (Å²) in [7, 11) is -0.364. The maximum atomic E-state index is 12.5. The Bertz CT molecular complexity index is 881. The van der Waals surface area contributed by atoms with E-state index >= 15 is 0 Å². The lowest BCUT2D eigenvalue weighted by atomic mass is 9.76. The van der Waals surface area contributed by atoms with E-state index < -0.39 is 15.8 Å². The van der Waals surface area contributed by atoms with E-state index in [1.165, 1.54) is 8.61 Å². The summed E-state index contributed by atoms with van der Waals surface area (Å²) in [5.41, 5.74) is 0.194. The summed E-state index contributed by atoms with van der Waals surface area (Å²) in [6.45, 7) is 2.08. The minimum atomic E-state index is -3.46. The summed E-state index contributed by atoms with van der Waals surface area (Å²) in [5, 5.41) is 12.0. The lowest BCUT2D eigenvalue weighted by molar-refractivity contribution is -0.0693. The number of nitrogens with zero attached hydrogens (tertiary/aromatic N) is 4. The molecule has 0 spiro atoms. The van der Waals surface area contributed by atoms with Gasteiger partial charge in [0, 0.05) is 46.2 Å². The quantitative estimate of drug-likeness (QED) is 0.848. The molecule has 3 heterocycles. The largest absolute Gasteiger partial charge is 0.389 e. The van der Waals surface area contributed by atoms with Gasteiger partial charge in [0.2, 0.25) is 0 Å². The van der Waals surface area contributed by atoms with Gasteiger partial charge >= 0.3 is 0 Å². The van der Waals surface area contributed by atoms with Gasteiger partial charge in [0.15, 0.2) is 5.13 Å². The van der Waals surface area contributed by atoms with Crippen molar-refractivity contribution in [2.75, 3.05) is 45.2 Å². The molecule has 2 atom stereocenters. The molecule has 1 aromatic carbocycles. The summed E-state index contributed by atoms with van der Waals surface area (Å²) >= 11 is 1.65. The third-order valence-electron chi connectivity index (χ3n) is 5.57. The van der Waals surface area contributed by atoms with Crippen molar-refractivity contribution in [3.63, 3.8) is 0 Å². The Morgan fingerprint density at radius 3 is 2.69 bits per heavy atom. The smallest absolute Gasteiger partial charge is 0.281 e. The highest BCUT2D eigenvalue weighted by Gasteiger charge is 2.47. The fourth-order valence-corrected chi connectivity index (χ4v) is 6.03. The number of hydrogen-bond acceptors (Lipinski definition) is 6. The van der Waals surface area contributed by atoms with Crippen molar-refractivity contribution in [3.8, 4) is 0 Å². The number of aliphatic hydroxyl groups is 1. The number of aromatic nitrogens is 1. The first-order chi connectivity index (χ1) is 12.3. The zero-order valence-corrected chi connectivity index (χ0v) is 16.6. The van der Waals surface area contributed by atoms with Crippen LogP contribution in [0.2, 0.25) is 0 Å². The van der Waals surface area contributed by atoms with Crippen molar-refractivity contribution in [3.05, 3.63) is 24.3 Å². The van der Waals surface area contributed by atoms with Crippen LogP contribution in [0.25, 0.3) is 10.2 Å². The van der Waals surface area contributed by atoms with E-state index in [1.807, 2.05) is 18.2 Å². The monoisotopic (exact) mass is 396 g/mol. The molecular weight excluding hydrogens is 372 g/mol. The van der Waals surface area contributed by atoms with Crippen LogP contribution in [0, 0.1) is 5.92 Å². The van der Waals surface area contributed by atoms with Crippen LogP contribution in [0.4, 0.5) is 5.13 Å². The summed E-state index contributed by atoms with van der Waals surface area (Å²) in [6.07, 6.45) is 1.13. The predicted octanol–water partition coefficient (Wildman–Crippen LogP) is 1.37. The van der Waals surface area contributed by atoms with Gasteiger partial charge in [-0.05, 0) is 25.0 Å². The molecule has 1 aromatic heterocycles. The summed E-state index contributed by atoms with van der Waals surface area (Å²) in [5.74, 6) is -0.119.